The maximum absolute atomic E-state index is 12.8. The van der Waals surface area contributed by atoms with Crippen LogP contribution in [0.5, 0.6) is 0 Å². The molecule has 0 atom stereocenters. The molecule has 1 aromatic heterocycles. The van der Waals surface area contributed by atoms with E-state index in [9.17, 15) is 4.79 Å². The second kappa shape index (κ2) is 8.20. The molecule has 7 nitrogen and oxygen atoms in total. The molecule has 2 saturated heterocycles. The molecule has 1 aromatic carbocycles. The largest absolute Gasteiger partial charge is 0.381 e. The summed E-state index contributed by atoms with van der Waals surface area (Å²) in [7, 11) is 0. The van der Waals surface area contributed by atoms with Crippen LogP contribution in [0.3, 0.4) is 0 Å². The Morgan fingerprint density at radius 1 is 1.10 bits per heavy atom. The maximum Gasteiger partial charge on any atom is 0.246 e. The zero-order valence-corrected chi connectivity index (χ0v) is 17.2. The van der Waals surface area contributed by atoms with Gasteiger partial charge in [0.1, 0.15) is 12.4 Å². The van der Waals surface area contributed by atoms with E-state index < -0.39 is 0 Å². The highest BCUT2D eigenvalue weighted by atomic mass is 32.2. The second-order valence-corrected chi connectivity index (χ2v) is 8.69. The molecule has 0 spiro atoms. The van der Waals surface area contributed by atoms with Crippen molar-refractivity contribution in [3.8, 4) is 0 Å². The lowest BCUT2D eigenvalue weighted by Crippen LogP contribution is -2.51. The number of para-hydroxylation sites is 1. The number of rotatable bonds is 4. The van der Waals surface area contributed by atoms with Crippen molar-refractivity contribution in [1.82, 2.24) is 9.97 Å². The van der Waals surface area contributed by atoms with Gasteiger partial charge < -0.3 is 19.9 Å². The molecule has 0 aliphatic carbocycles. The molecule has 0 bridgehead atoms. The molecule has 29 heavy (non-hydrogen) atoms. The van der Waals surface area contributed by atoms with Gasteiger partial charge in [0.25, 0.3) is 0 Å². The zero-order valence-electron chi connectivity index (χ0n) is 16.3. The third-order valence-electron chi connectivity index (χ3n) is 5.64. The van der Waals surface area contributed by atoms with Gasteiger partial charge in [-0.2, -0.15) is 4.98 Å². The number of aromatic nitrogens is 2. The first-order chi connectivity index (χ1) is 14.3. The molecule has 3 aliphatic heterocycles. The van der Waals surface area contributed by atoms with Crippen molar-refractivity contribution in [2.45, 2.75) is 30.2 Å². The Kier molecular flexibility index (Phi) is 5.28. The second-order valence-electron chi connectivity index (χ2n) is 7.58. The first-order valence-electron chi connectivity index (χ1n) is 10.3. The third-order valence-corrected chi connectivity index (χ3v) is 6.77. The van der Waals surface area contributed by atoms with Crippen molar-refractivity contribution < 1.29 is 9.53 Å². The van der Waals surface area contributed by atoms with Gasteiger partial charge in [0, 0.05) is 50.2 Å². The smallest absolute Gasteiger partial charge is 0.246 e. The number of benzene rings is 1. The van der Waals surface area contributed by atoms with Gasteiger partial charge in [0.15, 0.2) is 0 Å². The van der Waals surface area contributed by atoms with Crippen LogP contribution in [0, 0.1) is 0 Å². The molecule has 1 N–H and O–H groups in total. The van der Waals surface area contributed by atoms with Crippen molar-refractivity contribution in [1.29, 1.82) is 0 Å². The lowest BCUT2D eigenvalue weighted by atomic mass is 10.1. The summed E-state index contributed by atoms with van der Waals surface area (Å²) < 4.78 is 5.48. The summed E-state index contributed by atoms with van der Waals surface area (Å²) >= 11 is 1.82. The minimum atomic E-state index is 0.0832. The number of hydrogen-bond acceptors (Lipinski definition) is 7. The van der Waals surface area contributed by atoms with Gasteiger partial charge >= 0.3 is 0 Å². The first kappa shape index (κ1) is 18.7. The first-order valence-corrected chi connectivity index (χ1v) is 11.2. The van der Waals surface area contributed by atoms with E-state index in [-0.39, 0.29) is 5.91 Å². The van der Waals surface area contributed by atoms with Crippen LogP contribution in [0.1, 0.15) is 18.5 Å². The number of carbonyl (C=O) groups excluding carboxylic acids is 1. The van der Waals surface area contributed by atoms with E-state index >= 15 is 0 Å². The SMILES string of the molecule is O=C1CN(c2nc3c(c(NC4CCOCC4)n2)SCC3)CCN1c1ccccc1. The zero-order chi connectivity index (χ0) is 19.6. The van der Waals surface area contributed by atoms with Crippen LogP contribution in [0.4, 0.5) is 17.5 Å². The molecule has 2 aromatic rings. The average Bonchev–Trinajstić information content (AvgIpc) is 3.24. The average molecular weight is 412 g/mol. The fourth-order valence-electron chi connectivity index (χ4n) is 4.05. The Hall–Kier alpha value is -2.32. The summed E-state index contributed by atoms with van der Waals surface area (Å²) in [4.78, 5) is 27.5. The molecule has 0 saturated carbocycles. The van der Waals surface area contributed by atoms with E-state index in [1.807, 2.05) is 51.9 Å². The summed E-state index contributed by atoms with van der Waals surface area (Å²) in [6.07, 6.45) is 2.94. The van der Waals surface area contributed by atoms with Crippen LogP contribution < -0.4 is 15.1 Å². The number of aryl methyl sites for hydroxylation is 1. The number of piperazine rings is 1. The predicted octanol–water partition coefficient (Wildman–Crippen LogP) is 2.57. The van der Waals surface area contributed by atoms with E-state index in [0.29, 0.717) is 25.1 Å². The Morgan fingerprint density at radius 2 is 1.93 bits per heavy atom. The van der Waals surface area contributed by atoms with E-state index in [1.54, 1.807) is 0 Å². The van der Waals surface area contributed by atoms with Crippen LogP contribution in [0.2, 0.25) is 0 Å². The summed E-state index contributed by atoms with van der Waals surface area (Å²) in [6.45, 7) is 3.25. The molecular formula is C21H25N5O2S. The fourth-order valence-corrected chi connectivity index (χ4v) is 5.11. The number of thioether (sulfide) groups is 1. The maximum atomic E-state index is 12.8. The molecule has 1 amide bonds. The Labute approximate surface area is 174 Å². The summed E-state index contributed by atoms with van der Waals surface area (Å²) in [6, 6.07) is 10.2. The molecule has 152 valence electrons. The highest BCUT2D eigenvalue weighted by Gasteiger charge is 2.29. The molecule has 0 radical (unpaired) electrons. The summed E-state index contributed by atoms with van der Waals surface area (Å²) in [5.41, 5.74) is 2.05. The van der Waals surface area contributed by atoms with Crippen LogP contribution in [-0.4, -0.2) is 60.5 Å². The van der Waals surface area contributed by atoms with Gasteiger partial charge in [-0.15, -0.1) is 11.8 Å². The lowest BCUT2D eigenvalue weighted by Gasteiger charge is -2.34. The van der Waals surface area contributed by atoms with E-state index in [0.717, 1.165) is 62.0 Å². The number of ether oxygens (including phenoxy) is 1. The minimum absolute atomic E-state index is 0.0832. The number of anilines is 3. The van der Waals surface area contributed by atoms with Gasteiger partial charge in [-0.05, 0) is 25.0 Å². The fraction of sp³-hybridized carbons (Fsp3) is 0.476. The van der Waals surface area contributed by atoms with Crippen LogP contribution in [-0.2, 0) is 16.0 Å². The van der Waals surface area contributed by atoms with Crippen molar-refractivity contribution >= 4 is 35.1 Å². The highest BCUT2D eigenvalue weighted by Crippen LogP contribution is 2.37. The van der Waals surface area contributed by atoms with Gasteiger partial charge in [-0.1, -0.05) is 18.2 Å². The van der Waals surface area contributed by atoms with E-state index in [2.05, 4.69) is 5.32 Å². The van der Waals surface area contributed by atoms with Crippen molar-refractivity contribution in [3.05, 3.63) is 36.0 Å². The monoisotopic (exact) mass is 411 g/mol. The quantitative estimate of drug-likeness (QED) is 0.829. The number of carbonyl (C=O) groups is 1. The van der Waals surface area contributed by atoms with Crippen molar-refractivity contribution in [2.75, 3.05) is 53.7 Å². The lowest BCUT2D eigenvalue weighted by molar-refractivity contribution is -0.117. The van der Waals surface area contributed by atoms with Gasteiger partial charge in [-0.25, -0.2) is 4.98 Å². The van der Waals surface area contributed by atoms with Crippen molar-refractivity contribution in [2.24, 2.45) is 0 Å². The van der Waals surface area contributed by atoms with Gasteiger partial charge in [0.2, 0.25) is 11.9 Å². The van der Waals surface area contributed by atoms with Crippen molar-refractivity contribution in [3.63, 3.8) is 0 Å². The minimum Gasteiger partial charge on any atom is -0.381 e. The van der Waals surface area contributed by atoms with Gasteiger partial charge in [0.05, 0.1) is 10.6 Å². The number of fused-ring (bicyclic) bond motifs is 1. The Bertz CT molecular complexity index is 888. The number of hydrogen-bond donors (Lipinski definition) is 1. The number of nitrogens with zero attached hydrogens (tertiary/aromatic N) is 4. The van der Waals surface area contributed by atoms with E-state index in [1.165, 1.54) is 4.90 Å². The molecular weight excluding hydrogens is 386 g/mol. The highest BCUT2D eigenvalue weighted by molar-refractivity contribution is 7.99. The van der Waals surface area contributed by atoms with E-state index in [4.69, 9.17) is 14.7 Å². The Balaban J connectivity index is 1.36. The molecule has 5 rings (SSSR count). The molecule has 3 aliphatic rings. The Morgan fingerprint density at radius 3 is 2.72 bits per heavy atom. The third kappa shape index (κ3) is 3.91. The van der Waals surface area contributed by atoms with Crippen LogP contribution in [0.15, 0.2) is 35.2 Å². The van der Waals surface area contributed by atoms with Crippen LogP contribution in [0.25, 0.3) is 0 Å². The molecule has 8 heteroatoms. The number of nitrogens with one attached hydrogen (secondary N) is 1. The normalized spacial score (nSPS) is 20.1. The number of amides is 1. The summed E-state index contributed by atoms with van der Waals surface area (Å²) in [5.74, 6) is 2.72. The predicted molar refractivity (Wildman–Crippen MR) is 115 cm³/mol. The molecule has 2 fully saturated rings. The topological polar surface area (TPSA) is 70.6 Å². The molecule has 4 heterocycles. The van der Waals surface area contributed by atoms with Gasteiger partial charge in [-0.3, -0.25) is 4.79 Å². The van der Waals surface area contributed by atoms with Crippen LogP contribution >= 0.6 is 11.8 Å². The standard InChI is InChI=1S/C21H25N5O2S/c27-18-14-25(9-10-26(18)16-4-2-1-3-5-16)21-23-17-8-13-29-19(17)20(24-21)22-15-6-11-28-12-7-15/h1-5,15H,6-14H2,(H,22,23,24). The molecule has 0 unspecified atom stereocenters. The summed E-state index contributed by atoms with van der Waals surface area (Å²) in [5, 5.41) is 3.63.